The minimum Gasteiger partial charge on any atom is -0.497 e. The van der Waals surface area contributed by atoms with Gasteiger partial charge in [-0.05, 0) is 36.6 Å². The molecule has 6 atom stereocenters. The highest BCUT2D eigenvalue weighted by Gasteiger charge is 2.67. The molecule has 31 heavy (non-hydrogen) atoms. The summed E-state index contributed by atoms with van der Waals surface area (Å²) in [4.78, 5) is 38.5. The third-order valence-electron chi connectivity index (χ3n) is 6.58. The molecular weight excluding hydrogens is 464 g/mol. The number of alkyl halides is 1. The van der Waals surface area contributed by atoms with Gasteiger partial charge < -0.3 is 20.1 Å². The molecule has 2 aliphatic carbocycles. The molecule has 8 heteroatoms. The minimum absolute atomic E-state index is 0.0115. The van der Waals surface area contributed by atoms with Crippen LogP contribution in [0.3, 0.4) is 0 Å². The highest BCUT2D eigenvalue weighted by Crippen LogP contribution is 2.60. The van der Waals surface area contributed by atoms with E-state index in [1.807, 2.05) is 0 Å². The number of amides is 2. The lowest BCUT2D eigenvalue weighted by molar-refractivity contribution is -0.145. The summed E-state index contributed by atoms with van der Waals surface area (Å²) in [5.41, 5.74) is 1.33. The Morgan fingerprint density at radius 2 is 1.90 bits per heavy atom. The summed E-state index contributed by atoms with van der Waals surface area (Å²) in [5.74, 6) is -0.993. The average molecular weight is 485 g/mol. The van der Waals surface area contributed by atoms with Crippen LogP contribution in [0.2, 0.25) is 0 Å². The molecule has 0 aromatic heterocycles. The molecule has 2 N–H and O–H groups in total. The van der Waals surface area contributed by atoms with Crippen LogP contribution in [0.4, 0.5) is 11.4 Å². The van der Waals surface area contributed by atoms with Crippen LogP contribution >= 0.6 is 15.9 Å². The molecule has 0 spiro atoms. The van der Waals surface area contributed by atoms with E-state index >= 15 is 0 Å². The Morgan fingerprint density at radius 3 is 2.71 bits per heavy atom. The number of ether oxygens (including phenoxy) is 2. The maximum atomic E-state index is 13.2. The molecule has 0 unspecified atom stereocenters. The number of para-hydroxylation sites is 1. The van der Waals surface area contributed by atoms with Gasteiger partial charge in [0.1, 0.15) is 11.9 Å². The van der Waals surface area contributed by atoms with Crippen LogP contribution in [0.5, 0.6) is 5.75 Å². The van der Waals surface area contributed by atoms with Crippen LogP contribution in [0, 0.1) is 23.7 Å². The number of fused-ring (bicyclic) bond motifs is 1. The summed E-state index contributed by atoms with van der Waals surface area (Å²) >= 11 is 3.63. The average Bonchev–Trinajstić information content (AvgIpc) is 3.38. The van der Waals surface area contributed by atoms with E-state index in [9.17, 15) is 14.4 Å². The second-order valence-electron chi connectivity index (χ2n) is 8.18. The fourth-order valence-corrected chi connectivity index (χ4v) is 6.28. The molecule has 2 aromatic carbocycles. The van der Waals surface area contributed by atoms with Crippen LogP contribution in [0.1, 0.15) is 16.8 Å². The molecule has 2 amide bonds. The van der Waals surface area contributed by atoms with Gasteiger partial charge in [0.2, 0.25) is 5.91 Å². The van der Waals surface area contributed by atoms with Crippen LogP contribution in [0.15, 0.2) is 48.5 Å². The number of rotatable bonds is 5. The third kappa shape index (κ3) is 3.29. The smallest absolute Gasteiger partial charge is 0.310 e. The number of nitrogens with one attached hydrogen (secondary N) is 2. The second kappa shape index (κ2) is 7.67. The Labute approximate surface area is 187 Å². The van der Waals surface area contributed by atoms with Gasteiger partial charge in [0.15, 0.2) is 0 Å². The zero-order chi connectivity index (χ0) is 21.7. The predicted molar refractivity (Wildman–Crippen MR) is 117 cm³/mol. The summed E-state index contributed by atoms with van der Waals surface area (Å²) < 4.78 is 10.7. The standard InChI is InChI=1S/C23H21BrN2O5/c1-30-12-6-4-5-11(9-12)25-21(27)13-7-2-3-8-16(13)26-22(28)17-14-10-15-18(17)23(29)31-20(15)19(14)24/h2-9,14-15,17-20H,10H2,1H3,(H,25,27)(H,26,28)/t14-,15-,17-,18-,19+,20+/m1/s1. The summed E-state index contributed by atoms with van der Waals surface area (Å²) in [6.45, 7) is 0. The van der Waals surface area contributed by atoms with Crippen molar-refractivity contribution in [3.8, 4) is 5.75 Å². The van der Waals surface area contributed by atoms with Crippen LogP contribution < -0.4 is 15.4 Å². The second-order valence-corrected chi connectivity index (χ2v) is 9.24. The molecule has 1 heterocycles. The molecule has 3 aliphatic rings. The van der Waals surface area contributed by atoms with Crippen molar-refractivity contribution in [3.63, 3.8) is 0 Å². The van der Waals surface area contributed by atoms with Crippen molar-refractivity contribution in [2.75, 3.05) is 17.7 Å². The highest BCUT2D eigenvalue weighted by molar-refractivity contribution is 9.09. The van der Waals surface area contributed by atoms with E-state index in [1.54, 1.807) is 55.6 Å². The summed E-state index contributed by atoms with van der Waals surface area (Å²) in [5, 5.41) is 5.73. The fourth-order valence-electron chi connectivity index (χ4n) is 5.24. The van der Waals surface area contributed by atoms with Crippen molar-refractivity contribution in [2.45, 2.75) is 17.4 Å². The van der Waals surface area contributed by atoms with Crippen molar-refractivity contribution >= 4 is 45.1 Å². The molecule has 7 nitrogen and oxygen atoms in total. The third-order valence-corrected chi connectivity index (χ3v) is 7.78. The lowest BCUT2D eigenvalue weighted by Crippen LogP contribution is -2.40. The normalized spacial score (nSPS) is 30.1. The molecule has 0 radical (unpaired) electrons. The van der Waals surface area contributed by atoms with Crippen molar-refractivity contribution in [2.24, 2.45) is 23.7 Å². The van der Waals surface area contributed by atoms with Gasteiger partial charge in [-0.3, -0.25) is 14.4 Å². The molecular formula is C23H21BrN2O5. The molecule has 3 fully saturated rings. The van der Waals surface area contributed by atoms with E-state index in [-0.39, 0.29) is 40.6 Å². The maximum Gasteiger partial charge on any atom is 0.310 e. The quantitative estimate of drug-likeness (QED) is 0.500. The fraction of sp³-hybridized carbons (Fsp3) is 0.348. The molecule has 1 saturated heterocycles. The van der Waals surface area contributed by atoms with Crippen molar-refractivity contribution in [3.05, 3.63) is 54.1 Å². The Hall–Kier alpha value is -2.87. The Morgan fingerprint density at radius 1 is 1.10 bits per heavy atom. The lowest BCUT2D eigenvalue weighted by atomic mass is 9.79. The summed E-state index contributed by atoms with van der Waals surface area (Å²) in [6, 6.07) is 13.9. The van der Waals surface area contributed by atoms with Gasteiger partial charge in [-0.1, -0.05) is 34.1 Å². The maximum absolute atomic E-state index is 13.2. The van der Waals surface area contributed by atoms with E-state index < -0.39 is 11.8 Å². The summed E-state index contributed by atoms with van der Waals surface area (Å²) in [7, 11) is 1.56. The zero-order valence-electron chi connectivity index (χ0n) is 16.7. The van der Waals surface area contributed by atoms with E-state index in [4.69, 9.17) is 9.47 Å². The molecule has 2 saturated carbocycles. The number of carbonyl (C=O) groups excluding carboxylic acids is 3. The van der Waals surface area contributed by atoms with Crippen molar-refractivity contribution in [1.29, 1.82) is 0 Å². The number of halogens is 1. The van der Waals surface area contributed by atoms with Gasteiger partial charge >= 0.3 is 5.97 Å². The van der Waals surface area contributed by atoms with Gasteiger partial charge in [0.05, 0.1) is 35.0 Å². The number of hydrogen-bond donors (Lipinski definition) is 2. The molecule has 1 aliphatic heterocycles. The van der Waals surface area contributed by atoms with Crippen molar-refractivity contribution < 1.29 is 23.9 Å². The van der Waals surface area contributed by atoms with Gasteiger partial charge in [-0.2, -0.15) is 0 Å². The number of anilines is 2. The Balaban J connectivity index is 1.35. The molecule has 2 bridgehead atoms. The van der Waals surface area contributed by atoms with Crippen LogP contribution in [-0.4, -0.2) is 35.8 Å². The van der Waals surface area contributed by atoms with Crippen LogP contribution in [-0.2, 0) is 14.3 Å². The van der Waals surface area contributed by atoms with Gasteiger partial charge in [-0.25, -0.2) is 0 Å². The lowest BCUT2D eigenvalue weighted by Gasteiger charge is -2.27. The first-order valence-electron chi connectivity index (χ1n) is 10.2. The molecule has 160 valence electrons. The van der Waals surface area contributed by atoms with E-state index in [2.05, 4.69) is 26.6 Å². The Kier molecular flexibility index (Phi) is 4.97. The van der Waals surface area contributed by atoms with Crippen molar-refractivity contribution in [1.82, 2.24) is 0 Å². The number of benzene rings is 2. The van der Waals surface area contributed by atoms with Gasteiger partial charge in [0, 0.05) is 17.7 Å². The SMILES string of the molecule is COc1cccc(NC(=O)c2ccccc2NC(=O)[C@@H]2[C@H]3C[C@H]4[C@H](OC(=O)[C@H]42)[C@H]3Br)c1. The number of hydrogen-bond acceptors (Lipinski definition) is 5. The van der Waals surface area contributed by atoms with Crippen LogP contribution in [0.25, 0.3) is 0 Å². The number of esters is 1. The first-order chi connectivity index (χ1) is 15.0. The Bertz CT molecular complexity index is 1070. The molecule has 2 aromatic rings. The largest absolute Gasteiger partial charge is 0.497 e. The number of methoxy groups -OCH3 is 1. The monoisotopic (exact) mass is 484 g/mol. The predicted octanol–water partition coefficient (Wildman–Crippen LogP) is 3.46. The highest BCUT2D eigenvalue weighted by atomic mass is 79.9. The first-order valence-corrected chi connectivity index (χ1v) is 11.1. The zero-order valence-corrected chi connectivity index (χ0v) is 18.3. The topological polar surface area (TPSA) is 93.7 Å². The van der Waals surface area contributed by atoms with E-state index in [0.29, 0.717) is 22.7 Å². The van der Waals surface area contributed by atoms with Gasteiger partial charge in [-0.15, -0.1) is 0 Å². The minimum atomic E-state index is -0.463. The first kappa shape index (κ1) is 20.1. The molecule has 5 rings (SSSR count). The van der Waals surface area contributed by atoms with E-state index in [1.165, 1.54) is 0 Å². The summed E-state index contributed by atoms with van der Waals surface area (Å²) in [6.07, 6.45) is 0.667. The van der Waals surface area contributed by atoms with E-state index in [0.717, 1.165) is 6.42 Å². The number of carbonyl (C=O) groups is 3. The van der Waals surface area contributed by atoms with Gasteiger partial charge in [0.25, 0.3) is 5.91 Å².